The number of nitrogens with two attached hydrogens (primary N) is 1. The van der Waals surface area contributed by atoms with E-state index in [0.717, 1.165) is 18.8 Å². The normalized spacial score (nSPS) is 15.1. The third kappa shape index (κ3) is 4.78. The van der Waals surface area contributed by atoms with Crippen LogP contribution in [-0.4, -0.2) is 6.04 Å². The molecule has 0 bridgehead atoms. The van der Waals surface area contributed by atoms with Crippen LogP contribution < -0.4 is 11.3 Å². The molecule has 0 aliphatic carbocycles. The van der Waals surface area contributed by atoms with Crippen molar-refractivity contribution in [1.82, 2.24) is 5.43 Å². The highest BCUT2D eigenvalue weighted by molar-refractivity contribution is 7.09. The Bertz CT molecular complexity index is 246. The minimum absolute atomic E-state index is 0.460. The smallest absolute Gasteiger partial charge is 0.0216 e. The second-order valence-electron chi connectivity index (χ2n) is 4.23. The van der Waals surface area contributed by atoms with Crippen molar-refractivity contribution in [3.05, 3.63) is 22.4 Å². The largest absolute Gasteiger partial charge is 0.271 e. The Morgan fingerprint density at radius 2 is 2.33 bits per heavy atom. The van der Waals surface area contributed by atoms with E-state index in [1.54, 1.807) is 0 Å². The number of nitrogens with one attached hydrogen (secondary N) is 1. The Hall–Kier alpha value is -0.380. The standard InChI is InChI=1S/C12H22N2S/c1-3-10(2)9-11(14-13)6-7-12-5-4-8-15-12/h4-5,8,10-11,14H,3,6-7,9,13H2,1-2H3. The van der Waals surface area contributed by atoms with E-state index in [4.69, 9.17) is 5.84 Å². The highest BCUT2D eigenvalue weighted by Crippen LogP contribution is 2.16. The van der Waals surface area contributed by atoms with E-state index in [1.807, 2.05) is 11.3 Å². The molecule has 0 aromatic carbocycles. The Balaban J connectivity index is 2.27. The zero-order valence-corrected chi connectivity index (χ0v) is 10.5. The lowest BCUT2D eigenvalue weighted by atomic mass is 9.96. The quantitative estimate of drug-likeness (QED) is 0.554. The molecule has 0 saturated heterocycles. The van der Waals surface area contributed by atoms with Crippen molar-refractivity contribution < 1.29 is 0 Å². The molecule has 0 aliphatic rings. The predicted octanol–water partition coefficient (Wildman–Crippen LogP) is 2.95. The van der Waals surface area contributed by atoms with Gasteiger partial charge in [-0.15, -0.1) is 11.3 Å². The molecule has 86 valence electrons. The lowest BCUT2D eigenvalue weighted by molar-refractivity contribution is 0.382. The molecule has 15 heavy (non-hydrogen) atoms. The average Bonchev–Trinajstić information content (AvgIpc) is 2.76. The highest BCUT2D eigenvalue weighted by Gasteiger charge is 2.10. The fourth-order valence-electron chi connectivity index (χ4n) is 1.69. The molecule has 0 spiro atoms. The van der Waals surface area contributed by atoms with Crippen molar-refractivity contribution in [2.75, 3.05) is 0 Å². The van der Waals surface area contributed by atoms with Gasteiger partial charge in [0.25, 0.3) is 0 Å². The second kappa shape index (κ2) is 6.99. The van der Waals surface area contributed by atoms with Gasteiger partial charge in [0.1, 0.15) is 0 Å². The van der Waals surface area contributed by atoms with E-state index >= 15 is 0 Å². The molecular weight excluding hydrogens is 204 g/mol. The summed E-state index contributed by atoms with van der Waals surface area (Å²) >= 11 is 1.83. The number of hydrazine groups is 1. The van der Waals surface area contributed by atoms with Crippen molar-refractivity contribution in [2.45, 2.75) is 45.6 Å². The van der Waals surface area contributed by atoms with E-state index in [2.05, 4.69) is 36.8 Å². The number of aryl methyl sites for hydroxylation is 1. The summed E-state index contributed by atoms with van der Waals surface area (Å²) in [6.07, 6.45) is 4.69. The van der Waals surface area contributed by atoms with Gasteiger partial charge in [-0.3, -0.25) is 11.3 Å². The maximum Gasteiger partial charge on any atom is 0.0216 e. The van der Waals surface area contributed by atoms with Gasteiger partial charge in [-0.1, -0.05) is 26.3 Å². The van der Waals surface area contributed by atoms with Crippen molar-refractivity contribution in [3.8, 4) is 0 Å². The zero-order chi connectivity index (χ0) is 11.1. The van der Waals surface area contributed by atoms with Gasteiger partial charge in [-0.05, 0) is 36.6 Å². The van der Waals surface area contributed by atoms with Gasteiger partial charge in [-0.25, -0.2) is 0 Å². The first-order chi connectivity index (χ1) is 7.26. The summed E-state index contributed by atoms with van der Waals surface area (Å²) in [5.74, 6) is 6.33. The van der Waals surface area contributed by atoms with E-state index < -0.39 is 0 Å². The molecule has 0 aliphatic heterocycles. The van der Waals surface area contributed by atoms with Gasteiger partial charge in [0, 0.05) is 10.9 Å². The molecule has 0 amide bonds. The van der Waals surface area contributed by atoms with E-state index in [1.165, 1.54) is 17.7 Å². The topological polar surface area (TPSA) is 38.0 Å². The summed E-state index contributed by atoms with van der Waals surface area (Å²) in [7, 11) is 0. The summed E-state index contributed by atoms with van der Waals surface area (Å²) in [4.78, 5) is 1.46. The third-order valence-corrected chi connectivity index (χ3v) is 3.87. The van der Waals surface area contributed by atoms with Crippen LogP contribution in [0.5, 0.6) is 0 Å². The third-order valence-electron chi connectivity index (χ3n) is 2.94. The molecule has 0 radical (unpaired) electrons. The van der Waals surface area contributed by atoms with Crippen LogP contribution in [0.2, 0.25) is 0 Å². The molecule has 1 rings (SSSR count). The Labute approximate surface area is 96.9 Å². The molecule has 1 heterocycles. The Morgan fingerprint density at radius 3 is 2.87 bits per heavy atom. The van der Waals surface area contributed by atoms with E-state index in [0.29, 0.717) is 6.04 Å². The van der Waals surface area contributed by atoms with Gasteiger partial charge in [-0.2, -0.15) is 0 Å². The summed E-state index contributed by atoms with van der Waals surface area (Å²) in [6.45, 7) is 4.52. The molecule has 3 N–H and O–H groups in total. The summed E-state index contributed by atoms with van der Waals surface area (Å²) < 4.78 is 0. The molecule has 1 aromatic rings. The van der Waals surface area contributed by atoms with Crippen LogP contribution in [0.25, 0.3) is 0 Å². The van der Waals surface area contributed by atoms with Crippen molar-refractivity contribution in [2.24, 2.45) is 11.8 Å². The molecule has 2 atom stereocenters. The van der Waals surface area contributed by atoms with Gasteiger partial charge in [0.2, 0.25) is 0 Å². The van der Waals surface area contributed by atoms with Crippen LogP contribution in [0, 0.1) is 5.92 Å². The van der Waals surface area contributed by atoms with Crippen LogP contribution in [0.15, 0.2) is 17.5 Å². The number of hydrogen-bond acceptors (Lipinski definition) is 3. The van der Waals surface area contributed by atoms with Crippen LogP contribution in [0.3, 0.4) is 0 Å². The molecule has 0 fully saturated rings. The van der Waals surface area contributed by atoms with Crippen molar-refractivity contribution in [3.63, 3.8) is 0 Å². The molecule has 1 aromatic heterocycles. The van der Waals surface area contributed by atoms with Crippen LogP contribution >= 0.6 is 11.3 Å². The first-order valence-corrected chi connectivity index (χ1v) is 6.62. The van der Waals surface area contributed by atoms with E-state index in [-0.39, 0.29) is 0 Å². The summed E-state index contributed by atoms with van der Waals surface area (Å²) in [6, 6.07) is 4.77. The van der Waals surface area contributed by atoms with Crippen LogP contribution in [0.4, 0.5) is 0 Å². The number of hydrogen-bond donors (Lipinski definition) is 2. The van der Waals surface area contributed by atoms with Crippen LogP contribution in [-0.2, 0) is 6.42 Å². The van der Waals surface area contributed by atoms with Gasteiger partial charge >= 0.3 is 0 Å². The van der Waals surface area contributed by atoms with E-state index in [9.17, 15) is 0 Å². The van der Waals surface area contributed by atoms with Crippen molar-refractivity contribution in [1.29, 1.82) is 0 Å². The van der Waals surface area contributed by atoms with Gasteiger partial charge < -0.3 is 0 Å². The SMILES string of the molecule is CCC(C)CC(CCc1cccs1)NN. The predicted molar refractivity (Wildman–Crippen MR) is 67.8 cm³/mol. The Morgan fingerprint density at radius 1 is 1.53 bits per heavy atom. The van der Waals surface area contributed by atoms with Gasteiger partial charge in [0.15, 0.2) is 0 Å². The van der Waals surface area contributed by atoms with Crippen LogP contribution in [0.1, 0.15) is 38.0 Å². The first-order valence-electron chi connectivity index (χ1n) is 5.74. The number of thiophene rings is 1. The molecule has 3 heteroatoms. The average molecular weight is 226 g/mol. The maximum atomic E-state index is 5.57. The monoisotopic (exact) mass is 226 g/mol. The maximum absolute atomic E-state index is 5.57. The molecule has 2 unspecified atom stereocenters. The summed E-state index contributed by atoms with van der Waals surface area (Å²) in [5.41, 5.74) is 2.93. The lowest BCUT2D eigenvalue weighted by Gasteiger charge is -2.18. The second-order valence-corrected chi connectivity index (χ2v) is 5.26. The Kier molecular flexibility index (Phi) is 5.91. The zero-order valence-electron chi connectivity index (χ0n) is 9.70. The molecule has 2 nitrogen and oxygen atoms in total. The van der Waals surface area contributed by atoms with Gasteiger partial charge in [0.05, 0.1) is 0 Å². The first kappa shape index (κ1) is 12.7. The van der Waals surface area contributed by atoms with Crippen molar-refractivity contribution >= 4 is 11.3 Å². The number of rotatable bonds is 7. The highest BCUT2D eigenvalue weighted by atomic mass is 32.1. The lowest BCUT2D eigenvalue weighted by Crippen LogP contribution is -2.36. The summed E-state index contributed by atoms with van der Waals surface area (Å²) in [5, 5.41) is 2.13. The minimum Gasteiger partial charge on any atom is -0.271 e. The minimum atomic E-state index is 0.460. The fraction of sp³-hybridized carbons (Fsp3) is 0.667. The molecule has 0 saturated carbocycles. The molecular formula is C12H22N2S. The fourth-order valence-corrected chi connectivity index (χ4v) is 2.42.